The number of rotatable bonds is 3. The van der Waals surface area contributed by atoms with E-state index >= 15 is 0 Å². The molecule has 0 bridgehead atoms. The van der Waals surface area contributed by atoms with Gasteiger partial charge in [0.1, 0.15) is 11.9 Å². The third kappa shape index (κ3) is 2.95. The number of hydrogen-bond donors (Lipinski definition) is 1. The number of benzene rings is 2. The van der Waals surface area contributed by atoms with Gasteiger partial charge in [0.15, 0.2) is 5.69 Å². The maximum Gasteiger partial charge on any atom is 0.357 e. The molecule has 2 N–H and O–H groups in total. The Kier molecular flexibility index (Phi) is 4.23. The Morgan fingerprint density at radius 1 is 1.20 bits per heavy atom. The minimum absolute atomic E-state index is 0.0607. The Balaban J connectivity index is 2.17. The highest BCUT2D eigenvalue weighted by Gasteiger charge is 2.21. The Bertz CT molecular complexity index is 1000. The van der Waals surface area contributed by atoms with Crippen molar-refractivity contribution in [2.45, 2.75) is 0 Å². The molecular formula is C19H14FN3O2. The monoisotopic (exact) mass is 335 g/mol. The van der Waals surface area contributed by atoms with Crippen LogP contribution in [0, 0.1) is 17.1 Å². The normalized spacial score (nSPS) is 10.3. The first-order valence-corrected chi connectivity index (χ1v) is 7.40. The number of nitrogens with zero attached hydrogens (tertiary/aromatic N) is 2. The summed E-state index contributed by atoms with van der Waals surface area (Å²) in [6.45, 7) is 0. The van der Waals surface area contributed by atoms with Gasteiger partial charge in [-0.2, -0.15) is 5.26 Å². The quantitative estimate of drug-likeness (QED) is 0.743. The van der Waals surface area contributed by atoms with Crippen LogP contribution in [-0.4, -0.2) is 17.6 Å². The summed E-state index contributed by atoms with van der Waals surface area (Å²) in [5, 5.41) is 9.18. The van der Waals surface area contributed by atoms with Gasteiger partial charge in [0.05, 0.1) is 18.4 Å². The van der Waals surface area contributed by atoms with Crippen LogP contribution in [0.15, 0.2) is 54.7 Å². The molecule has 6 heteroatoms. The summed E-state index contributed by atoms with van der Waals surface area (Å²) in [5.74, 6) is -0.981. The number of methoxy groups -OCH3 is 1. The molecule has 3 rings (SSSR count). The molecule has 0 aliphatic carbocycles. The Morgan fingerprint density at radius 2 is 1.88 bits per heavy atom. The van der Waals surface area contributed by atoms with Crippen molar-refractivity contribution in [3.8, 4) is 22.9 Å². The zero-order chi connectivity index (χ0) is 18.0. The van der Waals surface area contributed by atoms with E-state index in [1.807, 2.05) is 12.1 Å². The Hall–Kier alpha value is -3.59. The number of nitrogen functional groups attached to an aromatic ring is 1. The van der Waals surface area contributed by atoms with Crippen molar-refractivity contribution in [1.82, 2.24) is 4.57 Å². The van der Waals surface area contributed by atoms with Crippen molar-refractivity contribution in [2.75, 3.05) is 12.8 Å². The lowest BCUT2D eigenvalue weighted by Gasteiger charge is -2.10. The molecule has 124 valence electrons. The van der Waals surface area contributed by atoms with E-state index in [-0.39, 0.29) is 22.8 Å². The van der Waals surface area contributed by atoms with E-state index in [4.69, 9.17) is 10.5 Å². The number of anilines is 1. The van der Waals surface area contributed by atoms with Crippen LogP contribution in [-0.2, 0) is 4.74 Å². The van der Waals surface area contributed by atoms with Crippen molar-refractivity contribution in [2.24, 2.45) is 0 Å². The molecule has 0 aliphatic rings. The number of halogens is 1. The molecule has 0 amide bonds. The maximum absolute atomic E-state index is 13.5. The van der Waals surface area contributed by atoms with Crippen LogP contribution in [0.1, 0.15) is 16.1 Å². The highest BCUT2D eigenvalue weighted by atomic mass is 19.1. The SMILES string of the molecule is COC(=O)c1c(N)c(C#N)cn1-c1cccc(-c2cccc(F)c2)c1. The van der Waals surface area contributed by atoms with Crippen LogP contribution >= 0.6 is 0 Å². The molecule has 0 radical (unpaired) electrons. The fraction of sp³-hybridized carbons (Fsp3) is 0.0526. The Labute approximate surface area is 143 Å². The van der Waals surface area contributed by atoms with Gasteiger partial charge in [0, 0.05) is 11.9 Å². The number of nitriles is 1. The summed E-state index contributed by atoms with van der Waals surface area (Å²) in [5.41, 5.74) is 8.29. The minimum atomic E-state index is -0.643. The van der Waals surface area contributed by atoms with Gasteiger partial charge in [0.2, 0.25) is 0 Å². The minimum Gasteiger partial charge on any atom is -0.464 e. The number of aromatic nitrogens is 1. The van der Waals surface area contributed by atoms with Crippen molar-refractivity contribution in [3.05, 3.63) is 71.8 Å². The molecule has 0 saturated heterocycles. The first kappa shape index (κ1) is 16.3. The van der Waals surface area contributed by atoms with Crippen LogP contribution in [0.25, 0.3) is 16.8 Å². The summed E-state index contributed by atoms with van der Waals surface area (Å²) in [6.07, 6.45) is 1.48. The van der Waals surface area contributed by atoms with Crippen LogP contribution < -0.4 is 5.73 Å². The summed E-state index contributed by atoms with van der Waals surface area (Å²) in [6, 6.07) is 15.3. The van der Waals surface area contributed by atoms with Gasteiger partial charge in [-0.1, -0.05) is 24.3 Å². The van der Waals surface area contributed by atoms with Gasteiger partial charge < -0.3 is 15.0 Å². The highest BCUT2D eigenvalue weighted by Crippen LogP contribution is 2.28. The molecule has 0 saturated carbocycles. The van der Waals surface area contributed by atoms with E-state index in [9.17, 15) is 14.4 Å². The smallest absolute Gasteiger partial charge is 0.357 e. The second-order valence-electron chi connectivity index (χ2n) is 5.34. The molecular weight excluding hydrogens is 321 g/mol. The number of ether oxygens (including phenoxy) is 1. The zero-order valence-corrected chi connectivity index (χ0v) is 13.4. The van der Waals surface area contributed by atoms with Gasteiger partial charge in [-0.05, 0) is 35.4 Å². The van der Waals surface area contributed by atoms with Gasteiger partial charge in [0.25, 0.3) is 0 Å². The van der Waals surface area contributed by atoms with E-state index in [0.29, 0.717) is 11.3 Å². The van der Waals surface area contributed by atoms with Crippen LogP contribution in [0.5, 0.6) is 0 Å². The summed E-state index contributed by atoms with van der Waals surface area (Å²) < 4.78 is 19.7. The standard InChI is InChI=1S/C19H14FN3O2/c1-25-19(24)18-17(22)14(10-21)11-23(18)16-7-3-5-13(9-16)12-4-2-6-15(20)8-12/h2-9,11H,22H2,1H3. The third-order valence-electron chi connectivity index (χ3n) is 3.83. The predicted octanol–water partition coefficient (Wildman–Crippen LogP) is 3.52. The van der Waals surface area contributed by atoms with Crippen molar-refractivity contribution in [3.63, 3.8) is 0 Å². The van der Waals surface area contributed by atoms with E-state index in [0.717, 1.165) is 5.56 Å². The lowest BCUT2D eigenvalue weighted by Crippen LogP contribution is -2.11. The predicted molar refractivity (Wildman–Crippen MR) is 91.6 cm³/mol. The topological polar surface area (TPSA) is 81.0 Å². The molecule has 0 atom stereocenters. The van der Waals surface area contributed by atoms with Gasteiger partial charge in [-0.25, -0.2) is 9.18 Å². The molecule has 25 heavy (non-hydrogen) atoms. The molecule has 2 aromatic carbocycles. The molecule has 0 aliphatic heterocycles. The van der Waals surface area contributed by atoms with Gasteiger partial charge in [-0.15, -0.1) is 0 Å². The molecule has 1 heterocycles. The fourth-order valence-electron chi connectivity index (χ4n) is 2.62. The van der Waals surface area contributed by atoms with Crippen LogP contribution in [0.2, 0.25) is 0 Å². The second-order valence-corrected chi connectivity index (χ2v) is 5.34. The van der Waals surface area contributed by atoms with Crippen LogP contribution in [0.3, 0.4) is 0 Å². The largest absolute Gasteiger partial charge is 0.464 e. The molecule has 3 aromatic rings. The molecule has 0 spiro atoms. The molecule has 1 aromatic heterocycles. The summed E-state index contributed by atoms with van der Waals surface area (Å²) >= 11 is 0. The molecule has 0 fully saturated rings. The fourth-order valence-corrected chi connectivity index (χ4v) is 2.62. The first-order chi connectivity index (χ1) is 12.0. The van der Waals surface area contributed by atoms with E-state index in [2.05, 4.69) is 0 Å². The van der Waals surface area contributed by atoms with Crippen molar-refractivity contribution in [1.29, 1.82) is 5.26 Å². The highest BCUT2D eigenvalue weighted by molar-refractivity contribution is 5.96. The second kappa shape index (κ2) is 6.49. The van der Waals surface area contributed by atoms with E-state index in [1.54, 1.807) is 30.3 Å². The summed E-state index contributed by atoms with van der Waals surface area (Å²) in [7, 11) is 1.24. The van der Waals surface area contributed by atoms with E-state index in [1.165, 1.54) is 30.0 Å². The number of carbonyl (C=O) groups excluding carboxylic acids is 1. The van der Waals surface area contributed by atoms with Crippen molar-refractivity contribution < 1.29 is 13.9 Å². The van der Waals surface area contributed by atoms with Gasteiger partial charge >= 0.3 is 5.97 Å². The lowest BCUT2D eigenvalue weighted by molar-refractivity contribution is 0.0593. The summed E-state index contributed by atoms with van der Waals surface area (Å²) in [4.78, 5) is 12.1. The number of carbonyl (C=O) groups is 1. The Morgan fingerprint density at radius 3 is 2.52 bits per heavy atom. The number of hydrogen-bond acceptors (Lipinski definition) is 4. The van der Waals surface area contributed by atoms with Gasteiger partial charge in [-0.3, -0.25) is 0 Å². The van der Waals surface area contributed by atoms with Crippen LogP contribution in [0.4, 0.5) is 10.1 Å². The number of esters is 1. The third-order valence-corrected chi connectivity index (χ3v) is 3.83. The first-order valence-electron chi connectivity index (χ1n) is 7.40. The zero-order valence-electron chi connectivity index (χ0n) is 13.4. The lowest BCUT2D eigenvalue weighted by atomic mass is 10.0. The molecule has 5 nitrogen and oxygen atoms in total. The average Bonchev–Trinajstić information content (AvgIpc) is 2.97. The van der Waals surface area contributed by atoms with E-state index < -0.39 is 5.97 Å². The molecule has 0 unspecified atom stereocenters. The maximum atomic E-state index is 13.5. The van der Waals surface area contributed by atoms with Crippen molar-refractivity contribution >= 4 is 11.7 Å². The average molecular weight is 335 g/mol. The number of nitrogens with two attached hydrogens (primary N) is 1.